The molecule has 1 aliphatic rings. The first kappa shape index (κ1) is 11.5. The third-order valence-corrected chi connectivity index (χ3v) is 2.78. The molecule has 1 fully saturated rings. The summed E-state index contributed by atoms with van der Waals surface area (Å²) in [5, 5.41) is 3.28. The molecule has 1 heterocycles. The summed E-state index contributed by atoms with van der Waals surface area (Å²) in [6.45, 7) is 6.12. The van der Waals surface area contributed by atoms with Crippen LogP contribution >= 0.6 is 0 Å². The highest BCUT2D eigenvalue weighted by atomic mass is 16.2. The Morgan fingerprint density at radius 1 is 1.50 bits per heavy atom. The first-order valence-corrected chi connectivity index (χ1v) is 5.49. The van der Waals surface area contributed by atoms with Crippen molar-refractivity contribution in [3.05, 3.63) is 0 Å². The first-order chi connectivity index (χ1) is 6.79. The SMILES string of the molecule is CCC(CN)C(=O)N1CCCNCC1. The highest BCUT2D eigenvalue weighted by Gasteiger charge is 2.21. The molecule has 0 aromatic heterocycles. The monoisotopic (exact) mass is 199 g/mol. The predicted octanol–water partition coefficient (Wildman–Crippen LogP) is -0.207. The van der Waals surface area contributed by atoms with Gasteiger partial charge in [-0.1, -0.05) is 6.92 Å². The average molecular weight is 199 g/mol. The fourth-order valence-corrected chi connectivity index (χ4v) is 1.77. The summed E-state index contributed by atoms with van der Waals surface area (Å²) in [6.07, 6.45) is 1.89. The van der Waals surface area contributed by atoms with Crippen molar-refractivity contribution in [3.63, 3.8) is 0 Å². The van der Waals surface area contributed by atoms with Crippen LogP contribution in [0.5, 0.6) is 0 Å². The van der Waals surface area contributed by atoms with E-state index in [1.165, 1.54) is 0 Å². The van der Waals surface area contributed by atoms with Crippen LogP contribution in [0.15, 0.2) is 0 Å². The fourth-order valence-electron chi connectivity index (χ4n) is 1.77. The lowest BCUT2D eigenvalue weighted by Crippen LogP contribution is -2.40. The van der Waals surface area contributed by atoms with Crippen LogP contribution in [0.4, 0.5) is 0 Å². The molecule has 0 spiro atoms. The van der Waals surface area contributed by atoms with E-state index in [1.54, 1.807) is 0 Å². The molecule has 1 rings (SSSR count). The summed E-state index contributed by atoms with van der Waals surface area (Å²) < 4.78 is 0. The van der Waals surface area contributed by atoms with E-state index in [1.807, 2.05) is 11.8 Å². The van der Waals surface area contributed by atoms with E-state index in [4.69, 9.17) is 5.73 Å². The van der Waals surface area contributed by atoms with Crippen LogP contribution in [0.25, 0.3) is 0 Å². The second-order valence-corrected chi connectivity index (χ2v) is 3.77. The van der Waals surface area contributed by atoms with Crippen molar-refractivity contribution in [2.75, 3.05) is 32.7 Å². The smallest absolute Gasteiger partial charge is 0.226 e. The van der Waals surface area contributed by atoms with Gasteiger partial charge in [0.2, 0.25) is 5.91 Å². The predicted molar refractivity (Wildman–Crippen MR) is 56.9 cm³/mol. The van der Waals surface area contributed by atoms with Gasteiger partial charge < -0.3 is 16.0 Å². The Labute approximate surface area is 85.8 Å². The maximum atomic E-state index is 11.9. The van der Waals surface area contributed by atoms with Gasteiger partial charge in [0.05, 0.1) is 5.92 Å². The first-order valence-electron chi connectivity index (χ1n) is 5.49. The number of carbonyl (C=O) groups is 1. The summed E-state index contributed by atoms with van der Waals surface area (Å²) in [5.74, 6) is 0.256. The minimum Gasteiger partial charge on any atom is -0.341 e. The molecule has 14 heavy (non-hydrogen) atoms. The number of nitrogens with two attached hydrogens (primary N) is 1. The molecule has 1 atom stereocenters. The maximum Gasteiger partial charge on any atom is 0.226 e. The van der Waals surface area contributed by atoms with Gasteiger partial charge in [-0.05, 0) is 19.4 Å². The number of hydrogen-bond donors (Lipinski definition) is 2. The summed E-state index contributed by atoms with van der Waals surface area (Å²) in [4.78, 5) is 13.9. The van der Waals surface area contributed by atoms with Crippen LogP contribution in [0.2, 0.25) is 0 Å². The Bertz CT molecular complexity index is 172. The lowest BCUT2D eigenvalue weighted by atomic mass is 10.1. The van der Waals surface area contributed by atoms with Gasteiger partial charge in [0.25, 0.3) is 0 Å². The number of nitrogens with zero attached hydrogens (tertiary/aromatic N) is 1. The molecule has 4 nitrogen and oxygen atoms in total. The zero-order valence-electron chi connectivity index (χ0n) is 8.96. The molecule has 82 valence electrons. The zero-order chi connectivity index (χ0) is 10.4. The van der Waals surface area contributed by atoms with E-state index in [0.29, 0.717) is 6.54 Å². The summed E-state index contributed by atoms with van der Waals surface area (Å²) >= 11 is 0. The van der Waals surface area contributed by atoms with E-state index in [2.05, 4.69) is 5.32 Å². The van der Waals surface area contributed by atoms with Crippen LogP contribution in [0.3, 0.4) is 0 Å². The summed E-state index contributed by atoms with van der Waals surface area (Å²) in [7, 11) is 0. The Morgan fingerprint density at radius 3 is 2.93 bits per heavy atom. The maximum absolute atomic E-state index is 11.9. The Hall–Kier alpha value is -0.610. The number of amides is 1. The average Bonchev–Trinajstić information content (AvgIpc) is 2.47. The number of hydrogen-bond acceptors (Lipinski definition) is 3. The third-order valence-electron chi connectivity index (χ3n) is 2.78. The van der Waals surface area contributed by atoms with Gasteiger partial charge in [0, 0.05) is 26.2 Å². The molecule has 4 heteroatoms. The Morgan fingerprint density at radius 2 is 2.29 bits per heavy atom. The van der Waals surface area contributed by atoms with Gasteiger partial charge in [-0.3, -0.25) is 4.79 Å². The van der Waals surface area contributed by atoms with Crippen molar-refractivity contribution < 1.29 is 4.79 Å². The van der Waals surface area contributed by atoms with E-state index in [9.17, 15) is 4.79 Å². The molecular weight excluding hydrogens is 178 g/mol. The van der Waals surface area contributed by atoms with Gasteiger partial charge in [-0.25, -0.2) is 0 Å². The second-order valence-electron chi connectivity index (χ2n) is 3.77. The van der Waals surface area contributed by atoms with E-state index in [0.717, 1.165) is 39.0 Å². The van der Waals surface area contributed by atoms with Gasteiger partial charge in [0.1, 0.15) is 0 Å². The molecule has 0 aromatic rings. The minimum absolute atomic E-state index is 0.0214. The Balaban J connectivity index is 2.48. The Kier molecular flexibility index (Phi) is 4.90. The summed E-state index contributed by atoms with van der Waals surface area (Å²) in [5.41, 5.74) is 5.57. The van der Waals surface area contributed by atoms with Crippen LogP contribution in [-0.2, 0) is 4.79 Å². The number of nitrogens with one attached hydrogen (secondary N) is 1. The van der Waals surface area contributed by atoms with Crippen LogP contribution in [-0.4, -0.2) is 43.5 Å². The molecule has 3 N–H and O–H groups in total. The van der Waals surface area contributed by atoms with Crippen molar-refractivity contribution in [2.24, 2.45) is 11.7 Å². The van der Waals surface area contributed by atoms with Crippen LogP contribution in [0, 0.1) is 5.92 Å². The van der Waals surface area contributed by atoms with E-state index in [-0.39, 0.29) is 11.8 Å². The third kappa shape index (κ3) is 2.96. The molecule has 0 aromatic carbocycles. The largest absolute Gasteiger partial charge is 0.341 e. The summed E-state index contributed by atoms with van der Waals surface area (Å²) in [6, 6.07) is 0. The lowest BCUT2D eigenvalue weighted by molar-refractivity contribution is -0.135. The molecule has 1 saturated heterocycles. The highest BCUT2D eigenvalue weighted by molar-refractivity contribution is 5.79. The zero-order valence-corrected chi connectivity index (χ0v) is 8.96. The normalized spacial score (nSPS) is 20.3. The molecule has 0 bridgehead atoms. The van der Waals surface area contributed by atoms with E-state index >= 15 is 0 Å². The second kappa shape index (κ2) is 5.98. The van der Waals surface area contributed by atoms with Crippen LogP contribution in [0.1, 0.15) is 19.8 Å². The highest BCUT2D eigenvalue weighted by Crippen LogP contribution is 2.07. The van der Waals surface area contributed by atoms with Crippen LogP contribution < -0.4 is 11.1 Å². The lowest BCUT2D eigenvalue weighted by Gasteiger charge is -2.24. The minimum atomic E-state index is 0.0214. The molecule has 1 unspecified atom stereocenters. The molecule has 1 aliphatic heterocycles. The fraction of sp³-hybridized carbons (Fsp3) is 0.900. The van der Waals surface area contributed by atoms with Crippen molar-refractivity contribution in [2.45, 2.75) is 19.8 Å². The molecule has 0 radical (unpaired) electrons. The van der Waals surface area contributed by atoms with Gasteiger partial charge in [0.15, 0.2) is 0 Å². The van der Waals surface area contributed by atoms with Crippen molar-refractivity contribution in [3.8, 4) is 0 Å². The van der Waals surface area contributed by atoms with Gasteiger partial charge in [-0.15, -0.1) is 0 Å². The standard InChI is InChI=1S/C10H21N3O/c1-2-9(8-11)10(14)13-6-3-4-12-5-7-13/h9,12H,2-8,11H2,1H3. The molecule has 0 saturated carbocycles. The van der Waals surface area contributed by atoms with Crippen molar-refractivity contribution in [1.29, 1.82) is 0 Å². The number of rotatable bonds is 3. The van der Waals surface area contributed by atoms with Crippen molar-refractivity contribution >= 4 is 5.91 Å². The quantitative estimate of drug-likeness (QED) is 0.661. The molecule has 1 amide bonds. The van der Waals surface area contributed by atoms with E-state index < -0.39 is 0 Å². The topological polar surface area (TPSA) is 58.4 Å². The number of carbonyl (C=O) groups excluding carboxylic acids is 1. The van der Waals surface area contributed by atoms with Crippen molar-refractivity contribution in [1.82, 2.24) is 10.2 Å². The van der Waals surface area contributed by atoms with Gasteiger partial charge >= 0.3 is 0 Å². The van der Waals surface area contributed by atoms with Gasteiger partial charge in [-0.2, -0.15) is 0 Å². The molecule has 0 aliphatic carbocycles. The molecular formula is C10H21N3O.